The predicted molar refractivity (Wildman–Crippen MR) is 54.0 cm³/mol. The first-order valence-corrected chi connectivity index (χ1v) is 5.21. The summed E-state index contributed by atoms with van der Waals surface area (Å²) in [7, 11) is 0. The first-order chi connectivity index (χ1) is 6.75. The Balaban J connectivity index is 1.95. The van der Waals surface area contributed by atoms with Gasteiger partial charge in [-0.3, -0.25) is 0 Å². The number of rotatable bonds is 3. The Morgan fingerprint density at radius 3 is 3.14 bits per heavy atom. The Morgan fingerprint density at radius 1 is 1.71 bits per heavy atom. The van der Waals surface area contributed by atoms with Gasteiger partial charge in [0.25, 0.3) is 0 Å². The Hall–Kier alpha value is -0.800. The van der Waals surface area contributed by atoms with E-state index in [1.165, 1.54) is 6.42 Å². The molecule has 1 aromatic rings. The topological polar surface area (TPSA) is 34.4 Å². The lowest BCUT2D eigenvalue weighted by molar-refractivity contribution is 0.0969. The molecule has 78 valence electrons. The molecular formula is C11H17NO2. The third-order valence-electron chi connectivity index (χ3n) is 2.69. The summed E-state index contributed by atoms with van der Waals surface area (Å²) in [6.45, 7) is 3.59. The second-order valence-electron chi connectivity index (χ2n) is 3.95. The highest BCUT2D eigenvalue weighted by atomic mass is 16.5. The van der Waals surface area contributed by atoms with Gasteiger partial charge in [0.1, 0.15) is 0 Å². The quantitative estimate of drug-likeness (QED) is 0.797. The molecule has 2 rings (SSSR count). The molecule has 1 fully saturated rings. The molecule has 0 bridgehead atoms. The average molecular weight is 195 g/mol. The molecule has 1 aromatic heterocycles. The predicted octanol–water partition coefficient (Wildman–Crippen LogP) is 1.72. The minimum Gasteiger partial charge on any atom is -0.389 e. The van der Waals surface area contributed by atoms with Crippen LogP contribution in [0.4, 0.5) is 0 Å². The van der Waals surface area contributed by atoms with Crippen molar-refractivity contribution in [2.45, 2.75) is 38.5 Å². The van der Waals surface area contributed by atoms with Crippen molar-refractivity contribution in [2.75, 3.05) is 6.61 Å². The molecule has 1 N–H and O–H groups in total. The van der Waals surface area contributed by atoms with Gasteiger partial charge in [-0.1, -0.05) is 0 Å². The van der Waals surface area contributed by atoms with Crippen LogP contribution in [-0.2, 0) is 11.3 Å². The van der Waals surface area contributed by atoms with Gasteiger partial charge >= 0.3 is 0 Å². The third-order valence-corrected chi connectivity index (χ3v) is 2.69. The van der Waals surface area contributed by atoms with Gasteiger partial charge in [-0.2, -0.15) is 0 Å². The molecule has 1 aliphatic heterocycles. The molecule has 2 heterocycles. The van der Waals surface area contributed by atoms with Gasteiger partial charge in [-0.15, -0.1) is 0 Å². The summed E-state index contributed by atoms with van der Waals surface area (Å²) in [5, 5.41) is 9.35. The van der Waals surface area contributed by atoms with Crippen LogP contribution in [-0.4, -0.2) is 22.4 Å². The summed E-state index contributed by atoms with van der Waals surface area (Å²) < 4.78 is 7.64. The number of ether oxygens (including phenoxy) is 1. The van der Waals surface area contributed by atoms with E-state index in [1.54, 1.807) is 6.92 Å². The van der Waals surface area contributed by atoms with Crippen LogP contribution in [0.1, 0.15) is 31.4 Å². The van der Waals surface area contributed by atoms with E-state index in [9.17, 15) is 5.11 Å². The number of hydrogen-bond donors (Lipinski definition) is 1. The molecule has 1 aliphatic rings. The van der Waals surface area contributed by atoms with Crippen molar-refractivity contribution < 1.29 is 9.84 Å². The summed E-state index contributed by atoms with van der Waals surface area (Å²) in [6, 6.07) is 1.96. The highest BCUT2D eigenvalue weighted by molar-refractivity contribution is 5.12. The van der Waals surface area contributed by atoms with Gasteiger partial charge < -0.3 is 14.4 Å². The summed E-state index contributed by atoms with van der Waals surface area (Å²) in [6.07, 6.45) is 6.32. The zero-order valence-electron chi connectivity index (χ0n) is 8.52. The normalized spacial score (nSPS) is 24.0. The zero-order valence-corrected chi connectivity index (χ0v) is 8.52. The molecule has 0 aromatic carbocycles. The lowest BCUT2D eigenvalue weighted by Gasteiger charge is -2.09. The second-order valence-corrected chi connectivity index (χ2v) is 3.95. The maximum Gasteiger partial charge on any atom is 0.0776 e. The van der Waals surface area contributed by atoms with Crippen molar-refractivity contribution in [2.24, 2.45) is 0 Å². The lowest BCUT2D eigenvalue weighted by atomic mass is 10.2. The van der Waals surface area contributed by atoms with Gasteiger partial charge in [-0.05, 0) is 31.4 Å². The fourth-order valence-electron chi connectivity index (χ4n) is 1.84. The number of aliphatic hydroxyl groups excluding tert-OH is 1. The second kappa shape index (κ2) is 4.15. The van der Waals surface area contributed by atoms with Crippen molar-refractivity contribution in [1.29, 1.82) is 0 Å². The molecule has 0 spiro atoms. The number of aromatic nitrogens is 1. The summed E-state index contributed by atoms with van der Waals surface area (Å²) in [5.74, 6) is 0. The molecule has 3 nitrogen and oxygen atoms in total. The first-order valence-electron chi connectivity index (χ1n) is 5.21. The highest BCUT2D eigenvalue weighted by Gasteiger charge is 2.15. The number of hydrogen-bond acceptors (Lipinski definition) is 2. The molecule has 0 saturated carbocycles. The Morgan fingerprint density at radius 2 is 2.57 bits per heavy atom. The molecule has 1 saturated heterocycles. The van der Waals surface area contributed by atoms with Crippen molar-refractivity contribution in [3.05, 3.63) is 24.0 Å². The van der Waals surface area contributed by atoms with Crippen molar-refractivity contribution in [1.82, 2.24) is 4.57 Å². The van der Waals surface area contributed by atoms with Crippen LogP contribution in [0, 0.1) is 0 Å². The van der Waals surface area contributed by atoms with E-state index in [4.69, 9.17) is 4.74 Å². The lowest BCUT2D eigenvalue weighted by Crippen LogP contribution is -2.13. The minimum atomic E-state index is -0.374. The fraction of sp³-hybridized carbons (Fsp3) is 0.636. The third kappa shape index (κ3) is 2.16. The Bertz CT molecular complexity index is 287. The largest absolute Gasteiger partial charge is 0.389 e. The van der Waals surface area contributed by atoms with Gasteiger partial charge in [0, 0.05) is 25.5 Å². The van der Waals surface area contributed by atoms with Crippen LogP contribution in [0.2, 0.25) is 0 Å². The average Bonchev–Trinajstić information content (AvgIpc) is 2.75. The highest BCUT2D eigenvalue weighted by Crippen LogP contribution is 2.16. The van der Waals surface area contributed by atoms with E-state index in [0.29, 0.717) is 6.10 Å². The molecule has 0 amide bonds. The summed E-state index contributed by atoms with van der Waals surface area (Å²) in [5.41, 5.74) is 0.975. The van der Waals surface area contributed by atoms with Crippen LogP contribution >= 0.6 is 0 Å². The zero-order chi connectivity index (χ0) is 9.97. The van der Waals surface area contributed by atoms with Crippen LogP contribution in [0.25, 0.3) is 0 Å². The van der Waals surface area contributed by atoms with Crippen molar-refractivity contribution >= 4 is 0 Å². The summed E-state index contributed by atoms with van der Waals surface area (Å²) in [4.78, 5) is 0. The van der Waals surface area contributed by atoms with E-state index in [2.05, 4.69) is 4.57 Å². The molecule has 3 heteroatoms. The summed E-state index contributed by atoms with van der Waals surface area (Å²) >= 11 is 0. The van der Waals surface area contributed by atoms with E-state index >= 15 is 0 Å². The SMILES string of the molecule is CC(O)c1ccn(CC2CCCO2)c1. The smallest absolute Gasteiger partial charge is 0.0776 e. The van der Waals surface area contributed by atoms with Gasteiger partial charge in [0.2, 0.25) is 0 Å². The number of nitrogens with zero attached hydrogens (tertiary/aromatic N) is 1. The maximum absolute atomic E-state index is 9.35. The van der Waals surface area contributed by atoms with Crippen LogP contribution in [0.5, 0.6) is 0 Å². The van der Waals surface area contributed by atoms with E-state index in [1.807, 2.05) is 18.5 Å². The number of aliphatic hydroxyl groups is 1. The monoisotopic (exact) mass is 195 g/mol. The van der Waals surface area contributed by atoms with Gasteiger partial charge in [0.05, 0.1) is 12.2 Å². The van der Waals surface area contributed by atoms with E-state index in [0.717, 1.165) is 25.1 Å². The van der Waals surface area contributed by atoms with Crippen LogP contribution < -0.4 is 0 Å². The first kappa shape index (κ1) is 9.74. The minimum absolute atomic E-state index is 0.365. The maximum atomic E-state index is 9.35. The van der Waals surface area contributed by atoms with Crippen LogP contribution in [0.3, 0.4) is 0 Å². The Labute approximate surface area is 84.3 Å². The van der Waals surface area contributed by atoms with E-state index in [-0.39, 0.29) is 6.10 Å². The molecule has 0 radical (unpaired) electrons. The molecule has 2 atom stereocenters. The van der Waals surface area contributed by atoms with Crippen molar-refractivity contribution in [3.63, 3.8) is 0 Å². The van der Waals surface area contributed by atoms with E-state index < -0.39 is 0 Å². The van der Waals surface area contributed by atoms with Crippen molar-refractivity contribution in [3.8, 4) is 0 Å². The molecule has 2 unspecified atom stereocenters. The fourth-order valence-corrected chi connectivity index (χ4v) is 1.84. The van der Waals surface area contributed by atoms with Gasteiger partial charge in [-0.25, -0.2) is 0 Å². The van der Waals surface area contributed by atoms with Crippen LogP contribution in [0.15, 0.2) is 18.5 Å². The Kier molecular flexibility index (Phi) is 2.89. The molecule has 14 heavy (non-hydrogen) atoms. The molecular weight excluding hydrogens is 178 g/mol. The van der Waals surface area contributed by atoms with Gasteiger partial charge in [0.15, 0.2) is 0 Å². The molecule has 0 aliphatic carbocycles. The standard InChI is InChI=1S/C11H17NO2/c1-9(13)10-4-5-12(7-10)8-11-3-2-6-14-11/h4-5,7,9,11,13H,2-3,6,8H2,1H3.